The number of aromatic nitrogens is 1. The van der Waals surface area contributed by atoms with Crippen molar-refractivity contribution < 1.29 is 10.2 Å². The Morgan fingerprint density at radius 2 is 1.88 bits per heavy atom. The molecule has 0 amide bonds. The molecule has 0 aliphatic heterocycles. The highest BCUT2D eigenvalue weighted by atomic mass is 35.5. The Kier molecular flexibility index (Phi) is 5.77. The van der Waals surface area contributed by atoms with Crippen LogP contribution in [0.5, 0.6) is 0 Å². The van der Waals surface area contributed by atoms with Crippen molar-refractivity contribution in [1.82, 2.24) is 4.98 Å². The van der Waals surface area contributed by atoms with E-state index in [1.807, 2.05) is 6.92 Å². The quantitative estimate of drug-likeness (QED) is 0.636. The van der Waals surface area contributed by atoms with Gasteiger partial charge in [-0.25, -0.2) is 4.98 Å². The number of pyridine rings is 1. The molecule has 4 N–H and O–H groups in total. The number of hydrogen-bond donors (Lipinski definition) is 4. The maximum absolute atomic E-state index is 9.21. The van der Waals surface area contributed by atoms with Gasteiger partial charge < -0.3 is 20.8 Å². The van der Waals surface area contributed by atoms with Crippen molar-refractivity contribution in [2.75, 3.05) is 30.3 Å². The summed E-state index contributed by atoms with van der Waals surface area (Å²) in [5, 5.41) is 24.5. The Morgan fingerprint density at radius 1 is 1.29 bits per heavy atom. The maximum Gasteiger partial charge on any atom is 0.147 e. The first-order chi connectivity index (χ1) is 8.08. The molecule has 0 spiro atoms. The van der Waals surface area contributed by atoms with E-state index in [0.717, 1.165) is 0 Å². The molecule has 0 saturated carbocycles. The molecule has 1 rings (SSSR count). The maximum atomic E-state index is 9.21. The fourth-order valence-electron chi connectivity index (χ4n) is 1.16. The van der Waals surface area contributed by atoms with Gasteiger partial charge in [-0.1, -0.05) is 23.2 Å². The van der Waals surface area contributed by atoms with Crippen LogP contribution in [0, 0.1) is 0 Å². The van der Waals surface area contributed by atoms with Crippen LogP contribution in [0.3, 0.4) is 0 Å². The van der Waals surface area contributed by atoms with Crippen molar-refractivity contribution in [3.8, 4) is 0 Å². The van der Waals surface area contributed by atoms with Gasteiger partial charge >= 0.3 is 0 Å². The van der Waals surface area contributed by atoms with E-state index in [2.05, 4.69) is 15.6 Å². The predicted molar refractivity (Wildman–Crippen MR) is 70.0 cm³/mol. The van der Waals surface area contributed by atoms with Crippen LogP contribution in [-0.4, -0.2) is 41.0 Å². The lowest BCUT2D eigenvalue weighted by molar-refractivity contribution is 0.105. The molecule has 0 saturated heterocycles. The van der Waals surface area contributed by atoms with Gasteiger partial charge in [0.15, 0.2) is 0 Å². The average Bonchev–Trinajstić information content (AvgIpc) is 2.30. The second-order valence-electron chi connectivity index (χ2n) is 3.40. The molecule has 1 heterocycles. The zero-order valence-corrected chi connectivity index (χ0v) is 10.9. The molecule has 0 fully saturated rings. The minimum absolute atomic E-state index is 0.163. The van der Waals surface area contributed by atoms with E-state index in [0.29, 0.717) is 28.2 Å². The number of nitrogens with zero attached hydrogens (tertiary/aromatic N) is 1. The number of aliphatic hydroxyl groups excluding tert-OH is 2. The van der Waals surface area contributed by atoms with Gasteiger partial charge in [0.2, 0.25) is 0 Å². The molecular formula is C10H15Cl2N3O2. The highest BCUT2D eigenvalue weighted by Crippen LogP contribution is 2.28. The molecule has 0 aromatic carbocycles. The predicted octanol–water partition coefficient (Wildman–Crippen LogP) is 1.59. The minimum Gasteiger partial charge on any atom is -0.394 e. The SMILES string of the molecule is CCNc1nc(NCC(O)CO)c(Cl)cc1Cl. The molecule has 1 atom stereocenters. The summed E-state index contributed by atoms with van der Waals surface area (Å²) in [6, 6.07) is 1.57. The zero-order valence-electron chi connectivity index (χ0n) is 9.37. The monoisotopic (exact) mass is 279 g/mol. The van der Waals surface area contributed by atoms with Crippen LogP contribution >= 0.6 is 23.2 Å². The lowest BCUT2D eigenvalue weighted by Crippen LogP contribution is -2.23. The second kappa shape index (κ2) is 6.86. The summed E-state index contributed by atoms with van der Waals surface area (Å²) < 4.78 is 0. The Bertz CT molecular complexity index is 377. The first-order valence-corrected chi connectivity index (χ1v) is 5.96. The van der Waals surface area contributed by atoms with Crippen LogP contribution in [0.1, 0.15) is 6.92 Å². The summed E-state index contributed by atoms with van der Waals surface area (Å²) in [6.45, 7) is 2.46. The van der Waals surface area contributed by atoms with Crippen molar-refractivity contribution >= 4 is 34.8 Å². The van der Waals surface area contributed by atoms with E-state index >= 15 is 0 Å². The topological polar surface area (TPSA) is 77.4 Å². The first-order valence-electron chi connectivity index (χ1n) is 5.21. The molecule has 0 radical (unpaired) electrons. The van der Waals surface area contributed by atoms with Gasteiger partial charge in [-0.15, -0.1) is 0 Å². The van der Waals surface area contributed by atoms with E-state index in [4.69, 9.17) is 28.3 Å². The van der Waals surface area contributed by atoms with Crippen LogP contribution in [0.4, 0.5) is 11.6 Å². The van der Waals surface area contributed by atoms with Crippen LogP contribution in [0.15, 0.2) is 6.07 Å². The lowest BCUT2D eigenvalue weighted by atomic mass is 10.3. The highest BCUT2D eigenvalue weighted by Gasteiger charge is 2.10. The molecule has 1 unspecified atom stereocenters. The van der Waals surface area contributed by atoms with E-state index < -0.39 is 6.10 Å². The minimum atomic E-state index is -0.855. The molecule has 1 aromatic rings. The number of aliphatic hydroxyl groups is 2. The Hall–Kier alpha value is -0.750. The normalized spacial score (nSPS) is 12.3. The third-order valence-corrected chi connectivity index (χ3v) is 2.57. The van der Waals surface area contributed by atoms with E-state index in [-0.39, 0.29) is 13.2 Å². The zero-order chi connectivity index (χ0) is 12.8. The third kappa shape index (κ3) is 4.20. The third-order valence-electron chi connectivity index (χ3n) is 1.99. The Balaban J connectivity index is 2.80. The lowest BCUT2D eigenvalue weighted by Gasteiger charge is -2.13. The van der Waals surface area contributed by atoms with Gasteiger partial charge in [-0.2, -0.15) is 0 Å². The van der Waals surface area contributed by atoms with Crippen LogP contribution < -0.4 is 10.6 Å². The van der Waals surface area contributed by atoms with Gasteiger partial charge in [0.1, 0.15) is 11.6 Å². The molecular weight excluding hydrogens is 265 g/mol. The van der Waals surface area contributed by atoms with Crippen molar-refractivity contribution in [3.05, 3.63) is 16.1 Å². The van der Waals surface area contributed by atoms with E-state index in [1.165, 1.54) is 0 Å². The summed E-state index contributed by atoms with van der Waals surface area (Å²) in [5.41, 5.74) is 0. The number of nitrogens with one attached hydrogen (secondary N) is 2. The summed E-state index contributed by atoms with van der Waals surface area (Å²) in [7, 11) is 0. The largest absolute Gasteiger partial charge is 0.394 e. The molecule has 17 heavy (non-hydrogen) atoms. The molecule has 0 aliphatic carbocycles. The fourth-order valence-corrected chi connectivity index (χ4v) is 1.65. The molecule has 5 nitrogen and oxygen atoms in total. The average molecular weight is 280 g/mol. The van der Waals surface area contributed by atoms with Crippen molar-refractivity contribution in [1.29, 1.82) is 0 Å². The summed E-state index contributed by atoms with van der Waals surface area (Å²) in [6.07, 6.45) is -0.855. The standard InChI is InChI=1S/C10H15Cl2N3O2/c1-2-13-9-7(11)3-8(12)10(15-9)14-4-6(17)5-16/h3,6,16-17H,2,4-5H2,1H3,(H2,13,14,15). The Labute approximate surface area is 110 Å². The van der Waals surface area contributed by atoms with Crippen molar-refractivity contribution in [3.63, 3.8) is 0 Å². The van der Waals surface area contributed by atoms with Gasteiger partial charge in [-0.05, 0) is 13.0 Å². The second-order valence-corrected chi connectivity index (χ2v) is 4.21. The van der Waals surface area contributed by atoms with E-state index in [1.54, 1.807) is 6.07 Å². The van der Waals surface area contributed by atoms with Crippen molar-refractivity contribution in [2.45, 2.75) is 13.0 Å². The number of rotatable bonds is 6. The molecule has 1 aromatic heterocycles. The first kappa shape index (κ1) is 14.3. The van der Waals surface area contributed by atoms with Gasteiger partial charge in [0.25, 0.3) is 0 Å². The molecule has 0 aliphatic rings. The van der Waals surface area contributed by atoms with E-state index in [9.17, 15) is 5.11 Å². The summed E-state index contributed by atoms with van der Waals surface area (Å²) in [5.74, 6) is 0.944. The van der Waals surface area contributed by atoms with Crippen molar-refractivity contribution in [2.24, 2.45) is 0 Å². The number of hydrogen-bond acceptors (Lipinski definition) is 5. The number of halogens is 2. The van der Waals surface area contributed by atoms with Crippen LogP contribution in [0.25, 0.3) is 0 Å². The molecule has 0 bridgehead atoms. The summed E-state index contributed by atoms with van der Waals surface area (Å²) in [4.78, 5) is 4.19. The molecule has 7 heteroatoms. The van der Waals surface area contributed by atoms with Gasteiger partial charge in [0.05, 0.1) is 22.8 Å². The highest BCUT2D eigenvalue weighted by molar-refractivity contribution is 6.37. The Morgan fingerprint density at radius 3 is 2.41 bits per heavy atom. The summed E-state index contributed by atoms with van der Waals surface area (Å²) >= 11 is 11.9. The van der Waals surface area contributed by atoms with Crippen LogP contribution in [0.2, 0.25) is 10.0 Å². The molecule has 96 valence electrons. The van der Waals surface area contributed by atoms with Gasteiger partial charge in [0, 0.05) is 13.1 Å². The smallest absolute Gasteiger partial charge is 0.147 e. The fraction of sp³-hybridized carbons (Fsp3) is 0.500. The number of anilines is 2. The van der Waals surface area contributed by atoms with Gasteiger partial charge in [-0.3, -0.25) is 0 Å². The van der Waals surface area contributed by atoms with Crippen LogP contribution in [-0.2, 0) is 0 Å².